The maximum Gasteiger partial charge on any atom is 0.322 e. The van der Waals surface area contributed by atoms with Gasteiger partial charge >= 0.3 is 5.97 Å². The van der Waals surface area contributed by atoms with Gasteiger partial charge in [-0.25, -0.2) is 8.42 Å². The Morgan fingerprint density at radius 2 is 1.86 bits per heavy atom. The predicted octanol–water partition coefficient (Wildman–Crippen LogP) is 1.28. The van der Waals surface area contributed by atoms with E-state index in [1.165, 1.54) is 15.4 Å². The van der Waals surface area contributed by atoms with Crippen molar-refractivity contribution in [3.63, 3.8) is 0 Å². The van der Waals surface area contributed by atoms with Crippen LogP contribution in [-0.4, -0.2) is 42.1 Å². The van der Waals surface area contributed by atoms with Crippen molar-refractivity contribution >= 4 is 16.0 Å². The number of carbonyl (C=O) groups is 1. The number of hydrogen-bond acceptors (Lipinski definition) is 3. The smallest absolute Gasteiger partial charge is 0.322 e. The van der Waals surface area contributed by atoms with Crippen LogP contribution in [0.5, 0.6) is 0 Å². The summed E-state index contributed by atoms with van der Waals surface area (Å²) in [6.07, 6.45) is 2.57. The highest BCUT2D eigenvalue weighted by Gasteiger charge is 2.40. The number of sulfonamides is 1. The zero-order valence-electron chi connectivity index (χ0n) is 11.7. The van der Waals surface area contributed by atoms with E-state index in [9.17, 15) is 13.2 Å². The van der Waals surface area contributed by atoms with Gasteiger partial charge in [0.2, 0.25) is 10.0 Å². The summed E-state index contributed by atoms with van der Waals surface area (Å²) in [5.74, 6) is -0.931. The van der Waals surface area contributed by atoms with Crippen molar-refractivity contribution in [1.29, 1.82) is 0 Å². The van der Waals surface area contributed by atoms with Crippen LogP contribution in [0.15, 0.2) is 24.3 Å². The summed E-state index contributed by atoms with van der Waals surface area (Å²) in [6, 6.07) is 7.14. The Hall–Kier alpha value is -1.40. The van der Waals surface area contributed by atoms with Crippen molar-refractivity contribution in [2.24, 2.45) is 5.92 Å². The van der Waals surface area contributed by atoms with Crippen LogP contribution in [0, 0.1) is 5.92 Å². The molecule has 21 heavy (non-hydrogen) atoms. The quantitative estimate of drug-likeness (QED) is 0.909. The van der Waals surface area contributed by atoms with E-state index in [1.54, 1.807) is 0 Å². The van der Waals surface area contributed by atoms with E-state index in [4.69, 9.17) is 5.11 Å². The van der Waals surface area contributed by atoms with E-state index in [-0.39, 0.29) is 11.7 Å². The lowest BCUT2D eigenvalue weighted by atomic mass is 10.1. The molecular weight excluding hydrogens is 290 g/mol. The van der Waals surface area contributed by atoms with Crippen molar-refractivity contribution in [2.45, 2.75) is 31.7 Å². The van der Waals surface area contributed by atoms with Gasteiger partial charge < -0.3 is 5.11 Å². The van der Waals surface area contributed by atoms with Crippen molar-refractivity contribution in [1.82, 2.24) is 4.31 Å². The molecule has 1 aliphatic heterocycles. The lowest BCUT2D eigenvalue weighted by Gasteiger charge is -2.22. The Morgan fingerprint density at radius 3 is 2.43 bits per heavy atom. The summed E-state index contributed by atoms with van der Waals surface area (Å²) in [5.41, 5.74) is 2.43. The van der Waals surface area contributed by atoms with Crippen molar-refractivity contribution < 1.29 is 18.3 Å². The Bertz CT molecular complexity index is 630. The first-order valence-electron chi connectivity index (χ1n) is 7.26. The molecule has 0 bridgehead atoms. The summed E-state index contributed by atoms with van der Waals surface area (Å²) < 4.78 is 26.2. The minimum atomic E-state index is -3.50. The number of carboxylic acids is 1. The SMILES string of the molecule is O=C(O)[C@@H]1CCCN1S(=O)(=O)CC1Cc2ccccc2C1. The second-order valence-corrected chi connectivity index (χ2v) is 7.89. The first kappa shape index (κ1) is 14.5. The summed E-state index contributed by atoms with van der Waals surface area (Å²) in [5, 5.41) is 9.14. The molecule has 1 heterocycles. The molecular formula is C15H19NO4S. The molecule has 0 spiro atoms. The second kappa shape index (κ2) is 5.42. The molecule has 1 N–H and O–H groups in total. The highest BCUT2D eigenvalue weighted by atomic mass is 32.2. The Balaban J connectivity index is 1.72. The number of benzene rings is 1. The zero-order valence-corrected chi connectivity index (χ0v) is 12.6. The van der Waals surface area contributed by atoms with Gasteiger partial charge in [-0.1, -0.05) is 24.3 Å². The average Bonchev–Trinajstić information content (AvgIpc) is 3.04. The van der Waals surface area contributed by atoms with E-state index in [1.807, 2.05) is 24.3 Å². The molecule has 0 saturated carbocycles. The molecule has 1 aromatic rings. The summed E-state index contributed by atoms with van der Waals surface area (Å²) in [4.78, 5) is 11.2. The molecule has 1 aliphatic carbocycles. The monoisotopic (exact) mass is 309 g/mol. The molecule has 6 heteroatoms. The minimum Gasteiger partial charge on any atom is -0.480 e. The predicted molar refractivity (Wildman–Crippen MR) is 78.5 cm³/mol. The van der Waals surface area contributed by atoms with Crippen LogP contribution in [0.25, 0.3) is 0 Å². The molecule has 1 saturated heterocycles. The fourth-order valence-electron chi connectivity index (χ4n) is 3.48. The van der Waals surface area contributed by atoms with Crippen molar-refractivity contribution in [2.75, 3.05) is 12.3 Å². The van der Waals surface area contributed by atoms with Crippen LogP contribution < -0.4 is 0 Å². The number of carboxylic acid groups (broad SMARTS) is 1. The summed E-state index contributed by atoms with van der Waals surface area (Å²) in [7, 11) is -3.50. The van der Waals surface area contributed by atoms with E-state index in [2.05, 4.69) is 0 Å². The van der Waals surface area contributed by atoms with E-state index in [0.29, 0.717) is 19.4 Å². The number of rotatable bonds is 4. The Morgan fingerprint density at radius 1 is 1.24 bits per heavy atom. The van der Waals surface area contributed by atoms with Gasteiger partial charge in [-0.05, 0) is 42.7 Å². The third-order valence-corrected chi connectivity index (χ3v) is 6.47. The van der Waals surface area contributed by atoms with Gasteiger partial charge in [-0.2, -0.15) is 4.31 Å². The van der Waals surface area contributed by atoms with Gasteiger partial charge in [0.1, 0.15) is 6.04 Å². The molecule has 1 atom stereocenters. The molecule has 0 unspecified atom stereocenters. The van der Waals surface area contributed by atoms with Crippen LogP contribution in [0.1, 0.15) is 24.0 Å². The Labute approximate surface area is 124 Å². The van der Waals surface area contributed by atoms with Crippen LogP contribution in [0.4, 0.5) is 0 Å². The normalized spacial score (nSPS) is 23.3. The maximum absolute atomic E-state index is 12.5. The van der Waals surface area contributed by atoms with Crippen molar-refractivity contribution in [3.05, 3.63) is 35.4 Å². The molecule has 114 valence electrons. The van der Waals surface area contributed by atoms with Gasteiger partial charge in [-0.15, -0.1) is 0 Å². The highest BCUT2D eigenvalue weighted by molar-refractivity contribution is 7.89. The van der Waals surface area contributed by atoms with Gasteiger partial charge in [0.05, 0.1) is 5.75 Å². The molecule has 3 rings (SSSR count). The largest absolute Gasteiger partial charge is 0.480 e. The highest BCUT2D eigenvalue weighted by Crippen LogP contribution is 2.30. The first-order chi connectivity index (χ1) is 9.97. The minimum absolute atomic E-state index is 0.0471. The second-order valence-electron chi connectivity index (χ2n) is 5.93. The molecule has 5 nitrogen and oxygen atoms in total. The summed E-state index contributed by atoms with van der Waals surface area (Å²) in [6.45, 7) is 0.332. The van der Waals surface area contributed by atoms with E-state index >= 15 is 0 Å². The average molecular weight is 309 g/mol. The van der Waals surface area contributed by atoms with Gasteiger partial charge in [0, 0.05) is 6.54 Å². The molecule has 1 aromatic carbocycles. The van der Waals surface area contributed by atoms with Crippen LogP contribution in [-0.2, 0) is 27.7 Å². The molecule has 0 amide bonds. The molecule has 2 aliphatic rings. The standard InChI is InChI=1S/C15H19NO4S/c17-15(18)14-6-3-7-16(14)21(19,20)10-11-8-12-4-1-2-5-13(12)9-11/h1-2,4-5,11,14H,3,6-10H2,(H,17,18)/t14-/m0/s1. The van der Waals surface area contributed by atoms with Crippen LogP contribution in [0.2, 0.25) is 0 Å². The lowest BCUT2D eigenvalue weighted by Crippen LogP contribution is -2.42. The van der Waals surface area contributed by atoms with Crippen LogP contribution >= 0.6 is 0 Å². The third kappa shape index (κ3) is 2.82. The lowest BCUT2D eigenvalue weighted by molar-refractivity contribution is -0.140. The molecule has 0 radical (unpaired) electrons. The number of nitrogens with zero attached hydrogens (tertiary/aromatic N) is 1. The zero-order chi connectivity index (χ0) is 15.0. The van der Waals surface area contributed by atoms with E-state index < -0.39 is 22.0 Å². The third-order valence-electron chi connectivity index (χ3n) is 4.43. The summed E-state index contributed by atoms with van der Waals surface area (Å²) >= 11 is 0. The maximum atomic E-state index is 12.5. The fraction of sp³-hybridized carbons (Fsp3) is 0.533. The number of hydrogen-bond donors (Lipinski definition) is 1. The Kier molecular flexibility index (Phi) is 3.75. The van der Waals surface area contributed by atoms with Gasteiger partial charge in [0.25, 0.3) is 0 Å². The number of fused-ring (bicyclic) bond motifs is 1. The van der Waals surface area contributed by atoms with Crippen molar-refractivity contribution in [3.8, 4) is 0 Å². The topological polar surface area (TPSA) is 74.7 Å². The molecule has 1 fully saturated rings. The fourth-order valence-corrected chi connectivity index (χ4v) is 5.49. The first-order valence-corrected chi connectivity index (χ1v) is 8.87. The van der Waals surface area contributed by atoms with Gasteiger partial charge in [0.15, 0.2) is 0 Å². The molecule has 0 aromatic heterocycles. The number of aliphatic carboxylic acids is 1. The van der Waals surface area contributed by atoms with Crippen LogP contribution in [0.3, 0.4) is 0 Å². The van der Waals surface area contributed by atoms with E-state index in [0.717, 1.165) is 12.8 Å². The van der Waals surface area contributed by atoms with Gasteiger partial charge in [-0.3, -0.25) is 4.79 Å².